The molecule has 0 bridgehead atoms. The standard InChI is InChI=1S/C44H40O6S/c45-43(36-22-11-4-12-23-36)50-42-41(48-30-34-19-9-3-10-20-34)40(47-29-33-17-7-2-8-18-33)39(31-46-28-32-15-5-1-6-16-32)49-44(42)51-38-26-25-35-21-13-14-24-37(35)27-38/h1-27,39-42,44H,28-31H2/t39-,40-,41+,42-,44+/m1/s1. The molecule has 0 unspecified atom stereocenters. The summed E-state index contributed by atoms with van der Waals surface area (Å²) in [5, 5.41) is 2.25. The number of hydrogen-bond donors (Lipinski definition) is 0. The molecule has 0 aromatic heterocycles. The summed E-state index contributed by atoms with van der Waals surface area (Å²) in [6, 6.07) is 53.6. The normalized spacial score (nSPS) is 20.2. The minimum atomic E-state index is -0.830. The van der Waals surface area contributed by atoms with Crippen LogP contribution in [0.2, 0.25) is 0 Å². The Morgan fingerprint density at radius 1 is 0.549 bits per heavy atom. The lowest BCUT2D eigenvalue weighted by molar-refractivity contribution is -0.242. The van der Waals surface area contributed by atoms with Crippen LogP contribution >= 0.6 is 11.8 Å². The van der Waals surface area contributed by atoms with Crippen LogP contribution in [0, 0.1) is 0 Å². The van der Waals surface area contributed by atoms with Gasteiger partial charge in [-0.15, -0.1) is 0 Å². The highest BCUT2D eigenvalue weighted by Crippen LogP contribution is 2.39. The lowest BCUT2D eigenvalue weighted by Gasteiger charge is -2.45. The van der Waals surface area contributed by atoms with Crippen LogP contribution in [0.15, 0.2) is 169 Å². The van der Waals surface area contributed by atoms with Crippen LogP contribution in [0.3, 0.4) is 0 Å². The number of fused-ring (bicyclic) bond motifs is 1. The number of ether oxygens (including phenoxy) is 5. The third-order valence-corrected chi connectivity index (χ3v) is 9.92. The van der Waals surface area contributed by atoms with E-state index in [-0.39, 0.29) is 6.61 Å². The smallest absolute Gasteiger partial charge is 0.338 e. The van der Waals surface area contributed by atoms with Crippen LogP contribution in [0.5, 0.6) is 0 Å². The average molecular weight is 697 g/mol. The molecule has 1 saturated heterocycles. The third-order valence-electron chi connectivity index (χ3n) is 8.78. The Hall–Kier alpha value is -4.76. The Kier molecular flexibility index (Phi) is 11.9. The van der Waals surface area contributed by atoms with Crippen molar-refractivity contribution in [3.63, 3.8) is 0 Å². The SMILES string of the molecule is O=C(O[C@@H]1[C@@H](OCc2ccccc2)[C@H](OCc2ccccc2)[C@@H](COCc2ccccc2)O[C@H]1Sc1ccc2ccccc2c1)c1ccccc1. The molecule has 0 amide bonds. The van der Waals surface area contributed by atoms with E-state index in [1.165, 1.54) is 11.8 Å². The van der Waals surface area contributed by atoms with Gasteiger partial charge in [0.2, 0.25) is 0 Å². The summed E-state index contributed by atoms with van der Waals surface area (Å²) in [5.74, 6) is -0.456. The Morgan fingerprint density at radius 2 is 1.08 bits per heavy atom. The lowest BCUT2D eigenvalue weighted by atomic mass is 9.98. The highest BCUT2D eigenvalue weighted by molar-refractivity contribution is 7.99. The van der Waals surface area contributed by atoms with Gasteiger partial charge in [-0.2, -0.15) is 0 Å². The molecular formula is C44H40O6S. The monoisotopic (exact) mass is 696 g/mol. The van der Waals surface area contributed by atoms with Crippen molar-refractivity contribution in [2.24, 2.45) is 0 Å². The zero-order valence-corrected chi connectivity index (χ0v) is 29.0. The van der Waals surface area contributed by atoms with Crippen LogP contribution in [0.1, 0.15) is 27.0 Å². The molecule has 1 fully saturated rings. The summed E-state index contributed by atoms with van der Waals surface area (Å²) < 4.78 is 33.2. The summed E-state index contributed by atoms with van der Waals surface area (Å²) in [5.41, 5.74) is 2.87. The Morgan fingerprint density at radius 3 is 1.71 bits per heavy atom. The van der Waals surface area contributed by atoms with Crippen LogP contribution in [-0.2, 0) is 43.5 Å². The fourth-order valence-electron chi connectivity index (χ4n) is 6.17. The van der Waals surface area contributed by atoms with Crippen molar-refractivity contribution in [1.82, 2.24) is 0 Å². The van der Waals surface area contributed by atoms with Crippen LogP contribution in [0.4, 0.5) is 0 Å². The lowest BCUT2D eigenvalue weighted by Crippen LogP contribution is -2.60. The van der Waals surface area contributed by atoms with E-state index >= 15 is 0 Å². The molecule has 0 saturated carbocycles. The van der Waals surface area contributed by atoms with E-state index in [0.717, 1.165) is 32.4 Å². The van der Waals surface area contributed by atoms with E-state index in [1.54, 1.807) is 12.1 Å². The maximum atomic E-state index is 13.8. The van der Waals surface area contributed by atoms with E-state index in [9.17, 15) is 4.79 Å². The molecule has 51 heavy (non-hydrogen) atoms. The fourth-order valence-corrected chi connectivity index (χ4v) is 7.32. The van der Waals surface area contributed by atoms with E-state index in [1.807, 2.05) is 121 Å². The van der Waals surface area contributed by atoms with Crippen molar-refractivity contribution in [3.05, 3.63) is 186 Å². The molecule has 1 aliphatic rings. The second kappa shape index (κ2) is 17.4. The highest BCUT2D eigenvalue weighted by Gasteiger charge is 2.50. The number of hydrogen-bond acceptors (Lipinski definition) is 7. The molecule has 6 aromatic rings. The summed E-state index contributed by atoms with van der Waals surface area (Å²) in [4.78, 5) is 14.8. The first-order valence-corrected chi connectivity index (χ1v) is 18.1. The molecule has 0 radical (unpaired) electrons. The van der Waals surface area contributed by atoms with Gasteiger partial charge in [-0.05, 0) is 51.7 Å². The Balaban J connectivity index is 1.24. The van der Waals surface area contributed by atoms with Crippen molar-refractivity contribution < 1.29 is 28.5 Å². The fraction of sp³-hybridized carbons (Fsp3) is 0.205. The predicted octanol–water partition coefficient (Wildman–Crippen LogP) is 9.27. The van der Waals surface area contributed by atoms with Gasteiger partial charge in [-0.25, -0.2) is 4.79 Å². The second-order valence-corrected chi connectivity index (χ2v) is 13.6. The van der Waals surface area contributed by atoms with Crippen molar-refractivity contribution in [2.45, 2.75) is 54.6 Å². The van der Waals surface area contributed by atoms with E-state index < -0.39 is 35.8 Å². The first kappa shape index (κ1) is 34.7. The van der Waals surface area contributed by atoms with Gasteiger partial charge in [0.25, 0.3) is 0 Å². The molecule has 7 rings (SSSR count). The maximum absolute atomic E-state index is 13.8. The minimum Gasteiger partial charge on any atom is -0.452 e. The van der Waals surface area contributed by atoms with Crippen molar-refractivity contribution >= 4 is 28.5 Å². The molecule has 0 aliphatic carbocycles. The largest absolute Gasteiger partial charge is 0.452 e. The molecule has 6 nitrogen and oxygen atoms in total. The average Bonchev–Trinajstić information content (AvgIpc) is 3.19. The molecule has 0 N–H and O–H groups in total. The Labute approximate surface area is 303 Å². The van der Waals surface area contributed by atoms with E-state index in [2.05, 4.69) is 30.3 Å². The second-order valence-electron chi connectivity index (χ2n) is 12.4. The van der Waals surface area contributed by atoms with Crippen molar-refractivity contribution in [2.75, 3.05) is 6.61 Å². The van der Waals surface area contributed by atoms with Crippen LogP contribution < -0.4 is 0 Å². The van der Waals surface area contributed by atoms with Gasteiger partial charge >= 0.3 is 5.97 Å². The number of benzene rings is 6. The first-order valence-electron chi connectivity index (χ1n) is 17.2. The van der Waals surface area contributed by atoms with Gasteiger partial charge in [-0.3, -0.25) is 0 Å². The number of rotatable bonds is 14. The molecular weight excluding hydrogens is 657 g/mol. The summed E-state index contributed by atoms with van der Waals surface area (Å²) in [7, 11) is 0. The molecule has 7 heteroatoms. The topological polar surface area (TPSA) is 63.2 Å². The van der Waals surface area contributed by atoms with Gasteiger partial charge in [0.15, 0.2) is 6.10 Å². The molecule has 0 spiro atoms. The van der Waals surface area contributed by atoms with Crippen LogP contribution in [-0.4, -0.2) is 42.4 Å². The zero-order chi connectivity index (χ0) is 34.7. The van der Waals surface area contributed by atoms with Gasteiger partial charge in [0.1, 0.15) is 23.7 Å². The molecule has 258 valence electrons. The van der Waals surface area contributed by atoms with Gasteiger partial charge in [-0.1, -0.05) is 151 Å². The quantitative estimate of drug-likeness (QED) is 0.105. The predicted molar refractivity (Wildman–Crippen MR) is 200 cm³/mol. The molecule has 5 atom stereocenters. The van der Waals surface area contributed by atoms with Gasteiger partial charge in [0, 0.05) is 4.90 Å². The third kappa shape index (κ3) is 9.33. The number of esters is 1. The minimum absolute atomic E-state index is 0.244. The first-order chi connectivity index (χ1) is 25.2. The van der Waals surface area contributed by atoms with E-state index in [0.29, 0.717) is 25.4 Å². The molecule has 6 aromatic carbocycles. The van der Waals surface area contributed by atoms with E-state index in [4.69, 9.17) is 23.7 Å². The summed E-state index contributed by atoms with van der Waals surface area (Å²) >= 11 is 1.51. The number of carbonyl (C=O) groups excluding carboxylic acids is 1. The Bertz CT molecular complexity index is 1960. The summed E-state index contributed by atoms with van der Waals surface area (Å²) in [6.07, 6.45) is -2.70. The molecule has 1 aliphatic heterocycles. The van der Waals surface area contributed by atoms with Crippen molar-refractivity contribution in [3.8, 4) is 0 Å². The van der Waals surface area contributed by atoms with Gasteiger partial charge in [0.05, 0.1) is 32.0 Å². The zero-order valence-electron chi connectivity index (χ0n) is 28.2. The summed E-state index contributed by atoms with van der Waals surface area (Å²) in [6.45, 7) is 1.27. The maximum Gasteiger partial charge on any atom is 0.338 e. The van der Waals surface area contributed by atoms with Gasteiger partial charge < -0.3 is 23.7 Å². The molecule has 1 heterocycles. The van der Waals surface area contributed by atoms with Crippen LogP contribution in [0.25, 0.3) is 10.8 Å². The number of carbonyl (C=O) groups is 1. The number of thioether (sulfide) groups is 1. The highest BCUT2D eigenvalue weighted by atomic mass is 32.2. The van der Waals surface area contributed by atoms with Crippen molar-refractivity contribution in [1.29, 1.82) is 0 Å².